The third kappa shape index (κ3) is 5.81. The Morgan fingerprint density at radius 2 is 1.82 bits per heavy atom. The Hall–Kier alpha value is -3.93. The summed E-state index contributed by atoms with van der Waals surface area (Å²) in [7, 11) is 2.63. The lowest BCUT2D eigenvalue weighted by molar-refractivity contribution is -0.141. The summed E-state index contributed by atoms with van der Waals surface area (Å²) >= 11 is 0. The fourth-order valence-electron chi connectivity index (χ4n) is 9.30. The highest BCUT2D eigenvalue weighted by Crippen LogP contribution is 2.66. The standard InChI is InChI=1S/C40H49N5O5S/c1-42(2)51(48,49)41-38(46)28-15-17-31-34(21-28)45-25-40(39(47)44-20-19-43(3)24-35(44)26-11-7-5-8-12-26)23-33(40)32-22-29(50-4)16-18-30(32)37(45)36(31)27-13-9-6-10-14-27/h7,11-12,15-18,21-22,27,33,35H,5-6,8-10,13-14,19-20,23-25H2,1-4H3,(H,41,46)/t33-,35?,40-/m0/s1. The van der Waals surface area contributed by atoms with E-state index in [9.17, 15) is 13.2 Å². The molecule has 3 aliphatic carbocycles. The first kappa shape index (κ1) is 34.2. The highest BCUT2D eigenvalue weighted by atomic mass is 32.2. The number of aromatic nitrogens is 1. The molecule has 0 spiro atoms. The van der Waals surface area contributed by atoms with Crippen molar-refractivity contribution >= 4 is 32.9 Å². The van der Waals surface area contributed by atoms with Crippen LogP contribution in [-0.2, 0) is 21.5 Å². The van der Waals surface area contributed by atoms with Crippen LogP contribution in [0.5, 0.6) is 5.75 Å². The average molecular weight is 712 g/mol. The fraction of sp³-hybridized carbons (Fsp3) is 0.500. The summed E-state index contributed by atoms with van der Waals surface area (Å²) in [5, 5.41) is 1.07. The molecule has 3 heterocycles. The van der Waals surface area contributed by atoms with Crippen LogP contribution in [-0.4, -0.2) is 92.8 Å². The first-order valence-electron chi connectivity index (χ1n) is 18.5. The van der Waals surface area contributed by atoms with Gasteiger partial charge in [-0.15, -0.1) is 0 Å². The minimum Gasteiger partial charge on any atom is -0.497 e. The molecule has 0 radical (unpaired) electrons. The topological polar surface area (TPSA) is 104 Å². The van der Waals surface area contributed by atoms with Gasteiger partial charge in [0.05, 0.1) is 24.3 Å². The van der Waals surface area contributed by atoms with Gasteiger partial charge in [0.2, 0.25) is 5.91 Å². The second-order valence-corrected chi connectivity index (χ2v) is 17.3. The van der Waals surface area contributed by atoms with Crippen LogP contribution >= 0.6 is 0 Å². The lowest BCUT2D eigenvalue weighted by atomic mass is 9.81. The number of ether oxygens (including phenoxy) is 1. The molecule has 8 rings (SSSR count). The highest BCUT2D eigenvalue weighted by Gasteiger charge is 2.64. The van der Waals surface area contributed by atoms with Crippen LogP contribution in [0.2, 0.25) is 0 Å². The molecule has 1 aromatic heterocycles. The molecule has 10 nitrogen and oxygen atoms in total. The largest absolute Gasteiger partial charge is 0.497 e. The Balaban J connectivity index is 1.31. The van der Waals surface area contributed by atoms with Crippen LogP contribution in [0.15, 0.2) is 60.2 Å². The third-order valence-corrected chi connectivity index (χ3v) is 13.6. The van der Waals surface area contributed by atoms with Gasteiger partial charge in [-0.1, -0.05) is 43.6 Å². The van der Waals surface area contributed by atoms with Gasteiger partial charge in [0.1, 0.15) is 5.75 Å². The molecule has 3 aromatic rings. The summed E-state index contributed by atoms with van der Waals surface area (Å²) in [6.07, 6.45) is 15.2. The Bertz CT molecular complexity index is 2080. The lowest BCUT2D eigenvalue weighted by Crippen LogP contribution is -2.57. The summed E-state index contributed by atoms with van der Waals surface area (Å²) < 4.78 is 36.6. The molecule has 51 heavy (non-hydrogen) atoms. The van der Waals surface area contributed by atoms with Gasteiger partial charge in [0.25, 0.3) is 5.91 Å². The Kier molecular flexibility index (Phi) is 8.66. The molecule has 1 N–H and O–H groups in total. The van der Waals surface area contributed by atoms with Crippen LogP contribution in [0.1, 0.15) is 84.7 Å². The van der Waals surface area contributed by atoms with E-state index in [2.05, 4.69) is 56.5 Å². The average Bonchev–Trinajstić information content (AvgIpc) is 3.81. The number of likely N-dealkylation sites (N-methyl/N-ethyl adjacent to an activating group) is 1. The number of methoxy groups -OCH3 is 1. The van der Waals surface area contributed by atoms with Crippen LogP contribution in [0.4, 0.5) is 0 Å². The van der Waals surface area contributed by atoms with Crippen molar-refractivity contribution < 1.29 is 22.7 Å². The van der Waals surface area contributed by atoms with Gasteiger partial charge in [-0.3, -0.25) is 9.59 Å². The third-order valence-electron chi connectivity index (χ3n) is 12.2. The SMILES string of the molecule is COc1ccc2c(c1)[C@@H]1C[C@]1(C(=O)N1CCN(C)CC1C1=CCCC=C1)Cn1c-2c(C2CCCCC2)c2ccc(C(=O)NS(=O)(=O)N(C)C)cc21. The molecular formula is C40H49N5O5S. The molecule has 1 unspecified atom stereocenters. The van der Waals surface area contributed by atoms with Gasteiger partial charge in [-0.25, -0.2) is 4.72 Å². The van der Waals surface area contributed by atoms with Crippen molar-refractivity contribution in [2.24, 2.45) is 5.41 Å². The summed E-state index contributed by atoms with van der Waals surface area (Å²) in [6.45, 7) is 2.77. The maximum Gasteiger partial charge on any atom is 0.303 e. The number of hydrogen-bond acceptors (Lipinski definition) is 6. The number of amides is 2. The lowest BCUT2D eigenvalue weighted by Gasteiger charge is -2.43. The number of nitrogens with zero attached hydrogens (tertiary/aromatic N) is 4. The molecule has 2 amide bonds. The van der Waals surface area contributed by atoms with E-state index in [1.165, 1.54) is 31.7 Å². The van der Waals surface area contributed by atoms with Crippen molar-refractivity contribution in [2.75, 3.05) is 47.9 Å². The van der Waals surface area contributed by atoms with Crippen molar-refractivity contribution in [1.29, 1.82) is 0 Å². The number of carbonyl (C=O) groups excluding carboxylic acids is 2. The minimum atomic E-state index is -3.98. The normalized spacial score (nSPS) is 25.1. The molecule has 2 saturated carbocycles. The zero-order chi connectivity index (χ0) is 35.7. The van der Waals surface area contributed by atoms with E-state index < -0.39 is 21.5 Å². The van der Waals surface area contributed by atoms with Crippen molar-refractivity contribution in [3.8, 4) is 17.0 Å². The molecular weight excluding hydrogens is 663 g/mol. The first-order chi connectivity index (χ1) is 24.5. The number of fused-ring (bicyclic) bond motifs is 7. The molecule has 270 valence electrons. The summed E-state index contributed by atoms with van der Waals surface area (Å²) in [5.41, 5.74) is 6.38. The van der Waals surface area contributed by atoms with Crippen LogP contribution in [0.25, 0.3) is 22.2 Å². The Morgan fingerprint density at radius 3 is 2.55 bits per heavy atom. The number of carbonyl (C=O) groups is 2. The number of piperazine rings is 1. The molecule has 0 bridgehead atoms. The van der Waals surface area contributed by atoms with E-state index in [0.29, 0.717) is 19.0 Å². The number of allylic oxidation sites excluding steroid dienone is 2. The van der Waals surface area contributed by atoms with Gasteiger partial charge in [-0.2, -0.15) is 12.7 Å². The van der Waals surface area contributed by atoms with Gasteiger partial charge >= 0.3 is 10.2 Å². The second kappa shape index (κ2) is 12.9. The van der Waals surface area contributed by atoms with Crippen molar-refractivity contribution in [3.05, 3.63) is 76.9 Å². The van der Waals surface area contributed by atoms with Crippen molar-refractivity contribution in [3.63, 3.8) is 0 Å². The summed E-state index contributed by atoms with van der Waals surface area (Å²) in [6, 6.07) is 11.9. The molecule has 3 fully saturated rings. The maximum atomic E-state index is 15.3. The van der Waals surface area contributed by atoms with E-state index in [4.69, 9.17) is 4.74 Å². The van der Waals surface area contributed by atoms with E-state index >= 15 is 4.79 Å². The molecule has 11 heteroatoms. The van der Waals surface area contributed by atoms with E-state index in [-0.39, 0.29) is 23.4 Å². The van der Waals surface area contributed by atoms with E-state index in [1.54, 1.807) is 13.2 Å². The highest BCUT2D eigenvalue weighted by molar-refractivity contribution is 7.87. The minimum absolute atomic E-state index is 0.0101. The predicted octanol–water partition coefficient (Wildman–Crippen LogP) is 5.81. The number of benzene rings is 2. The summed E-state index contributed by atoms with van der Waals surface area (Å²) in [4.78, 5) is 33.3. The zero-order valence-corrected chi connectivity index (χ0v) is 31.0. The smallest absolute Gasteiger partial charge is 0.303 e. The van der Waals surface area contributed by atoms with Gasteiger partial charge < -0.3 is 19.1 Å². The van der Waals surface area contributed by atoms with Crippen LogP contribution < -0.4 is 9.46 Å². The zero-order valence-electron chi connectivity index (χ0n) is 30.2. The van der Waals surface area contributed by atoms with Gasteiger partial charge in [-0.05, 0) is 92.1 Å². The van der Waals surface area contributed by atoms with Crippen LogP contribution in [0, 0.1) is 5.41 Å². The first-order valence-corrected chi connectivity index (χ1v) is 19.9. The second-order valence-electron chi connectivity index (χ2n) is 15.5. The number of nitrogens with one attached hydrogen (secondary N) is 1. The number of hydrogen-bond donors (Lipinski definition) is 1. The summed E-state index contributed by atoms with van der Waals surface area (Å²) in [5.74, 6) is 0.663. The predicted molar refractivity (Wildman–Crippen MR) is 199 cm³/mol. The van der Waals surface area contributed by atoms with Gasteiger partial charge in [0.15, 0.2) is 0 Å². The Labute approximate surface area is 301 Å². The molecule has 1 saturated heterocycles. The van der Waals surface area contributed by atoms with Crippen LogP contribution in [0.3, 0.4) is 0 Å². The molecule has 3 atom stereocenters. The number of rotatable bonds is 7. The van der Waals surface area contributed by atoms with Crippen molar-refractivity contribution in [1.82, 2.24) is 23.4 Å². The monoisotopic (exact) mass is 711 g/mol. The quantitative estimate of drug-likeness (QED) is 0.332. The maximum absolute atomic E-state index is 15.3. The van der Waals surface area contributed by atoms with E-state index in [0.717, 1.165) is 95.8 Å². The van der Waals surface area contributed by atoms with E-state index in [1.807, 2.05) is 18.2 Å². The van der Waals surface area contributed by atoms with Crippen molar-refractivity contribution in [2.45, 2.75) is 75.8 Å². The fourth-order valence-corrected chi connectivity index (χ4v) is 9.84. The molecule has 2 aromatic carbocycles. The Morgan fingerprint density at radius 1 is 1.02 bits per heavy atom. The molecule has 5 aliphatic rings. The van der Waals surface area contributed by atoms with Gasteiger partial charge in [0, 0.05) is 68.2 Å². The molecule has 2 aliphatic heterocycles.